The Balaban J connectivity index is 2.99. The lowest BCUT2D eigenvalue weighted by molar-refractivity contribution is -0.140. The van der Waals surface area contributed by atoms with Gasteiger partial charge in [0, 0.05) is 12.8 Å². The second kappa shape index (κ2) is 12.0. The molecule has 7 nitrogen and oxygen atoms in total. The van der Waals surface area contributed by atoms with E-state index in [9.17, 15) is 19.6 Å². The van der Waals surface area contributed by atoms with Crippen LogP contribution >= 0.6 is 23.1 Å². The Bertz CT molecular complexity index is 608. The highest BCUT2D eigenvalue weighted by atomic mass is 32.2. The molecule has 3 amide bonds. The van der Waals surface area contributed by atoms with E-state index in [-0.39, 0.29) is 17.7 Å². The lowest BCUT2D eigenvalue weighted by Crippen LogP contribution is -2.50. The van der Waals surface area contributed by atoms with Gasteiger partial charge >= 0.3 is 0 Å². The van der Waals surface area contributed by atoms with Gasteiger partial charge in [-0.2, -0.15) is 0 Å². The number of hydroxylamine groups is 1. The van der Waals surface area contributed by atoms with Crippen LogP contribution in [0.15, 0.2) is 21.7 Å². The van der Waals surface area contributed by atoms with Crippen molar-refractivity contribution in [1.29, 1.82) is 0 Å². The number of nitrogens with one attached hydrogen (secondary N) is 3. The van der Waals surface area contributed by atoms with Crippen molar-refractivity contribution >= 4 is 40.8 Å². The van der Waals surface area contributed by atoms with Crippen molar-refractivity contribution in [3.05, 3.63) is 17.5 Å². The zero-order chi connectivity index (χ0) is 20.4. The Kier molecular flexibility index (Phi) is 10.4. The molecule has 9 heteroatoms. The van der Waals surface area contributed by atoms with Gasteiger partial charge in [0.25, 0.3) is 0 Å². The molecule has 0 saturated carbocycles. The molecule has 0 aliphatic heterocycles. The van der Waals surface area contributed by atoms with E-state index in [1.54, 1.807) is 16.8 Å². The summed E-state index contributed by atoms with van der Waals surface area (Å²) in [7, 11) is 1.52. The third-order valence-corrected chi connectivity index (χ3v) is 6.43. The molecule has 27 heavy (non-hydrogen) atoms. The first-order chi connectivity index (χ1) is 12.8. The van der Waals surface area contributed by atoms with Gasteiger partial charge in [0.1, 0.15) is 6.04 Å². The van der Waals surface area contributed by atoms with Gasteiger partial charge in [-0.3, -0.25) is 19.6 Å². The summed E-state index contributed by atoms with van der Waals surface area (Å²) in [5, 5.41) is 16.4. The van der Waals surface area contributed by atoms with E-state index in [0.717, 1.165) is 4.21 Å². The number of hydrogen-bond acceptors (Lipinski definition) is 6. The minimum atomic E-state index is -0.716. The fraction of sp³-hybridized carbons (Fsp3) is 0.611. The number of rotatable bonds is 11. The van der Waals surface area contributed by atoms with Gasteiger partial charge in [-0.05, 0) is 30.2 Å². The van der Waals surface area contributed by atoms with Crippen molar-refractivity contribution in [3.8, 4) is 0 Å². The van der Waals surface area contributed by atoms with E-state index in [1.807, 2.05) is 38.3 Å². The Labute approximate surface area is 168 Å². The lowest BCUT2D eigenvalue weighted by Gasteiger charge is -2.27. The maximum absolute atomic E-state index is 12.9. The maximum atomic E-state index is 12.9. The van der Waals surface area contributed by atoms with E-state index in [1.165, 1.54) is 18.8 Å². The van der Waals surface area contributed by atoms with Crippen LogP contribution in [0.1, 0.15) is 33.6 Å². The molecule has 4 N–H and O–H groups in total. The third-order valence-electron chi connectivity index (χ3n) is 4.18. The van der Waals surface area contributed by atoms with Gasteiger partial charge in [-0.15, -0.1) is 23.1 Å². The van der Waals surface area contributed by atoms with Crippen molar-refractivity contribution in [2.45, 2.75) is 43.9 Å². The average molecular weight is 416 g/mol. The summed E-state index contributed by atoms with van der Waals surface area (Å²) >= 11 is 3.03. The number of thiophene rings is 1. The Morgan fingerprint density at radius 2 is 1.89 bits per heavy atom. The fourth-order valence-corrected chi connectivity index (χ4v) is 4.74. The summed E-state index contributed by atoms with van der Waals surface area (Å²) in [4.78, 5) is 37.2. The highest BCUT2D eigenvalue weighted by Crippen LogP contribution is 2.31. The van der Waals surface area contributed by atoms with Crippen LogP contribution in [0.3, 0.4) is 0 Å². The summed E-state index contributed by atoms with van der Waals surface area (Å²) < 4.78 is 1.03. The number of carbonyl (C=O) groups excluding carboxylic acids is 3. The van der Waals surface area contributed by atoms with Crippen LogP contribution in [0.25, 0.3) is 0 Å². The van der Waals surface area contributed by atoms with Crippen molar-refractivity contribution in [3.63, 3.8) is 0 Å². The van der Waals surface area contributed by atoms with Crippen molar-refractivity contribution in [2.24, 2.45) is 17.8 Å². The van der Waals surface area contributed by atoms with E-state index in [4.69, 9.17) is 0 Å². The molecule has 0 aliphatic carbocycles. The topological polar surface area (TPSA) is 108 Å². The molecule has 0 aromatic carbocycles. The first-order valence-corrected chi connectivity index (χ1v) is 10.8. The summed E-state index contributed by atoms with van der Waals surface area (Å²) in [6.45, 7) is 5.75. The molecule has 0 aliphatic rings. The summed E-state index contributed by atoms with van der Waals surface area (Å²) in [6.07, 6.45) is 0.916. The molecule has 3 atom stereocenters. The van der Waals surface area contributed by atoms with E-state index in [2.05, 4.69) is 10.6 Å². The molecule has 1 aromatic rings. The second-order valence-electron chi connectivity index (χ2n) is 6.65. The average Bonchev–Trinajstić information content (AvgIpc) is 3.17. The molecule has 0 unspecified atom stereocenters. The lowest BCUT2D eigenvalue weighted by atomic mass is 9.85. The number of carbonyl (C=O) groups is 3. The summed E-state index contributed by atoms with van der Waals surface area (Å²) in [5.74, 6) is -2.05. The predicted octanol–water partition coefficient (Wildman–Crippen LogP) is 2.26. The van der Waals surface area contributed by atoms with Crippen LogP contribution in [0, 0.1) is 17.8 Å². The third kappa shape index (κ3) is 7.51. The predicted molar refractivity (Wildman–Crippen MR) is 108 cm³/mol. The van der Waals surface area contributed by atoms with Crippen LogP contribution in [0.5, 0.6) is 0 Å². The van der Waals surface area contributed by atoms with Crippen LogP contribution in [0.4, 0.5) is 0 Å². The van der Waals surface area contributed by atoms with E-state index < -0.39 is 23.8 Å². The van der Waals surface area contributed by atoms with Gasteiger partial charge in [-0.1, -0.05) is 26.8 Å². The molecule has 0 spiro atoms. The Hall–Kier alpha value is -1.58. The number of likely N-dealkylation sites (N-methyl/N-ethyl adjacent to an activating group) is 1. The molecule has 1 rings (SSSR count). The Morgan fingerprint density at radius 3 is 2.37 bits per heavy atom. The number of amides is 3. The van der Waals surface area contributed by atoms with Crippen LogP contribution in [-0.4, -0.2) is 41.8 Å². The second-order valence-corrected chi connectivity index (χ2v) is 8.91. The minimum absolute atomic E-state index is 0.168. The smallest absolute Gasteiger partial charge is 0.248 e. The monoisotopic (exact) mass is 415 g/mol. The van der Waals surface area contributed by atoms with Crippen LogP contribution in [-0.2, 0) is 14.4 Å². The Morgan fingerprint density at radius 1 is 1.19 bits per heavy atom. The quantitative estimate of drug-likeness (QED) is 0.252. The molecule has 0 bridgehead atoms. The molecule has 1 heterocycles. The molecular formula is C18H29N3O4S2. The van der Waals surface area contributed by atoms with Gasteiger partial charge in [0.05, 0.1) is 16.0 Å². The largest absolute Gasteiger partial charge is 0.357 e. The first-order valence-electron chi connectivity index (χ1n) is 8.96. The fourth-order valence-electron chi connectivity index (χ4n) is 2.74. The molecular weight excluding hydrogens is 386 g/mol. The molecule has 1 aromatic heterocycles. The van der Waals surface area contributed by atoms with Gasteiger partial charge in [-0.25, -0.2) is 5.48 Å². The highest BCUT2D eigenvalue weighted by molar-refractivity contribution is 8.01. The van der Waals surface area contributed by atoms with Gasteiger partial charge in [0.2, 0.25) is 17.7 Å². The summed E-state index contributed by atoms with van der Waals surface area (Å²) in [5.41, 5.74) is 1.70. The molecule has 0 saturated heterocycles. The zero-order valence-electron chi connectivity index (χ0n) is 16.2. The first kappa shape index (κ1) is 23.5. The maximum Gasteiger partial charge on any atom is 0.248 e. The van der Waals surface area contributed by atoms with Crippen molar-refractivity contribution < 1.29 is 19.6 Å². The standard InChI is InChI=1S/C18H29N3O4S2/c1-5-14(18(24)19-4)20-16(22)12(9-11(2)3)13(17(23)21-25)10-27-15-7-6-8-26-15/h6-8,11-14,25H,5,9-10H2,1-4H3,(H,19,24)(H,20,22)(H,21,23)/t12-,13+,14+/m1/s1. The van der Waals surface area contributed by atoms with Gasteiger partial charge in [0.15, 0.2) is 0 Å². The number of hydrogen-bond donors (Lipinski definition) is 4. The summed E-state index contributed by atoms with van der Waals surface area (Å²) in [6, 6.07) is 3.21. The van der Waals surface area contributed by atoms with E-state index in [0.29, 0.717) is 18.6 Å². The zero-order valence-corrected chi connectivity index (χ0v) is 17.8. The van der Waals surface area contributed by atoms with Crippen molar-refractivity contribution in [1.82, 2.24) is 16.1 Å². The number of thioether (sulfide) groups is 1. The van der Waals surface area contributed by atoms with Crippen LogP contribution in [0.2, 0.25) is 0 Å². The molecule has 0 radical (unpaired) electrons. The van der Waals surface area contributed by atoms with E-state index >= 15 is 0 Å². The van der Waals surface area contributed by atoms with Crippen LogP contribution < -0.4 is 16.1 Å². The van der Waals surface area contributed by atoms with Crippen molar-refractivity contribution in [2.75, 3.05) is 12.8 Å². The highest BCUT2D eigenvalue weighted by Gasteiger charge is 2.35. The molecule has 152 valence electrons. The molecule has 0 fully saturated rings. The van der Waals surface area contributed by atoms with Gasteiger partial charge < -0.3 is 10.6 Å². The normalized spacial score (nSPS) is 14.3. The SMILES string of the molecule is CC[C@H](NC(=O)[C@H](CC(C)C)[C@H](CSc1cccs1)C(=O)NO)C(=O)NC. The minimum Gasteiger partial charge on any atom is -0.357 e.